The van der Waals surface area contributed by atoms with E-state index >= 15 is 0 Å². The van der Waals surface area contributed by atoms with E-state index in [1.54, 1.807) is 0 Å². The van der Waals surface area contributed by atoms with Gasteiger partial charge in [0, 0.05) is 18.1 Å². The SMILES string of the molecule is Cc1ccccc1CSCCNC(=O)COc1ccc(C(C)C)cc1Br. The Labute approximate surface area is 169 Å². The quantitative estimate of drug-likeness (QED) is 0.542. The Balaban J connectivity index is 1.65. The Morgan fingerprint density at radius 3 is 2.69 bits per heavy atom. The minimum atomic E-state index is -0.0960. The van der Waals surface area contributed by atoms with Crippen LogP contribution in [0.4, 0.5) is 0 Å². The largest absolute Gasteiger partial charge is 0.483 e. The number of thioether (sulfide) groups is 1. The number of hydrogen-bond acceptors (Lipinski definition) is 3. The maximum Gasteiger partial charge on any atom is 0.257 e. The van der Waals surface area contributed by atoms with Gasteiger partial charge in [0.2, 0.25) is 0 Å². The van der Waals surface area contributed by atoms with Crippen molar-refractivity contribution in [3.8, 4) is 5.75 Å². The fraction of sp³-hybridized carbons (Fsp3) is 0.381. The molecule has 0 aliphatic carbocycles. The van der Waals surface area contributed by atoms with Gasteiger partial charge >= 0.3 is 0 Å². The molecule has 0 aromatic heterocycles. The lowest BCUT2D eigenvalue weighted by Crippen LogP contribution is -2.30. The predicted octanol–water partition coefficient (Wildman–Crippen LogP) is 5.31. The molecule has 0 atom stereocenters. The molecule has 0 spiro atoms. The van der Waals surface area contributed by atoms with Gasteiger partial charge in [-0.3, -0.25) is 4.79 Å². The summed E-state index contributed by atoms with van der Waals surface area (Å²) in [6, 6.07) is 14.4. The fourth-order valence-electron chi connectivity index (χ4n) is 2.40. The Kier molecular flexibility index (Phi) is 8.52. The van der Waals surface area contributed by atoms with Crippen LogP contribution in [-0.4, -0.2) is 24.8 Å². The molecule has 0 heterocycles. The average molecular weight is 436 g/mol. The number of aryl methyl sites for hydroxylation is 1. The summed E-state index contributed by atoms with van der Waals surface area (Å²) in [4.78, 5) is 11.9. The smallest absolute Gasteiger partial charge is 0.257 e. The highest BCUT2D eigenvalue weighted by Crippen LogP contribution is 2.28. The molecule has 0 aliphatic heterocycles. The van der Waals surface area contributed by atoms with Crippen LogP contribution in [0.3, 0.4) is 0 Å². The normalized spacial score (nSPS) is 10.8. The van der Waals surface area contributed by atoms with Crippen LogP contribution < -0.4 is 10.1 Å². The number of amides is 1. The van der Waals surface area contributed by atoms with Crippen LogP contribution in [-0.2, 0) is 10.5 Å². The van der Waals surface area contributed by atoms with E-state index in [0.29, 0.717) is 18.2 Å². The number of halogens is 1. The molecule has 0 fully saturated rings. The van der Waals surface area contributed by atoms with Crippen molar-refractivity contribution < 1.29 is 9.53 Å². The summed E-state index contributed by atoms with van der Waals surface area (Å²) in [5.74, 6) is 2.90. The van der Waals surface area contributed by atoms with E-state index in [-0.39, 0.29) is 12.5 Å². The van der Waals surface area contributed by atoms with Gasteiger partial charge in [-0.2, -0.15) is 11.8 Å². The topological polar surface area (TPSA) is 38.3 Å². The summed E-state index contributed by atoms with van der Waals surface area (Å²) in [6.45, 7) is 7.09. The molecule has 0 unspecified atom stereocenters. The Bertz CT molecular complexity index is 734. The van der Waals surface area contributed by atoms with Gasteiger partial charge in [0.25, 0.3) is 5.91 Å². The highest BCUT2D eigenvalue weighted by Gasteiger charge is 2.08. The number of rotatable bonds is 9. The molecule has 26 heavy (non-hydrogen) atoms. The lowest BCUT2D eigenvalue weighted by atomic mass is 10.0. The third-order valence-corrected chi connectivity index (χ3v) is 5.70. The molecule has 2 aromatic carbocycles. The molecule has 0 bridgehead atoms. The molecule has 1 N–H and O–H groups in total. The van der Waals surface area contributed by atoms with E-state index in [1.807, 2.05) is 30.0 Å². The molecule has 2 rings (SSSR count). The van der Waals surface area contributed by atoms with Gasteiger partial charge < -0.3 is 10.1 Å². The molecule has 3 nitrogen and oxygen atoms in total. The fourth-order valence-corrected chi connectivity index (χ4v) is 3.85. The van der Waals surface area contributed by atoms with E-state index in [4.69, 9.17) is 4.74 Å². The first-order valence-electron chi connectivity index (χ1n) is 8.78. The Hall–Kier alpha value is -1.46. The van der Waals surface area contributed by atoms with Gasteiger partial charge in [0.05, 0.1) is 4.47 Å². The van der Waals surface area contributed by atoms with E-state index in [1.165, 1.54) is 16.7 Å². The highest BCUT2D eigenvalue weighted by molar-refractivity contribution is 9.10. The monoisotopic (exact) mass is 435 g/mol. The zero-order valence-electron chi connectivity index (χ0n) is 15.5. The van der Waals surface area contributed by atoms with Crippen LogP contribution in [0.2, 0.25) is 0 Å². The second-order valence-electron chi connectivity index (χ2n) is 6.46. The summed E-state index contributed by atoms with van der Waals surface area (Å²) < 4.78 is 6.49. The Morgan fingerprint density at radius 2 is 2.00 bits per heavy atom. The first kappa shape index (κ1) is 20.8. The van der Waals surface area contributed by atoms with Crippen molar-refractivity contribution >= 4 is 33.6 Å². The third kappa shape index (κ3) is 6.69. The van der Waals surface area contributed by atoms with E-state index in [0.717, 1.165) is 16.0 Å². The third-order valence-electron chi connectivity index (χ3n) is 4.07. The van der Waals surface area contributed by atoms with Crippen LogP contribution in [0.15, 0.2) is 46.9 Å². The van der Waals surface area contributed by atoms with Crippen LogP contribution >= 0.6 is 27.7 Å². The molecule has 0 aliphatic rings. The van der Waals surface area contributed by atoms with Gasteiger partial charge in [-0.25, -0.2) is 0 Å². The number of ether oxygens (including phenoxy) is 1. The van der Waals surface area contributed by atoms with E-state index in [9.17, 15) is 4.79 Å². The molecule has 5 heteroatoms. The first-order chi connectivity index (χ1) is 12.5. The molecular formula is C21H26BrNO2S. The second kappa shape index (κ2) is 10.6. The maximum atomic E-state index is 11.9. The summed E-state index contributed by atoms with van der Waals surface area (Å²) in [7, 11) is 0. The number of carbonyl (C=O) groups excluding carboxylic acids is 1. The van der Waals surface area contributed by atoms with Crippen LogP contribution in [0.5, 0.6) is 5.75 Å². The molecule has 1 amide bonds. The Morgan fingerprint density at radius 1 is 1.23 bits per heavy atom. The molecular weight excluding hydrogens is 410 g/mol. The average Bonchev–Trinajstić information content (AvgIpc) is 2.61. The lowest BCUT2D eigenvalue weighted by Gasteiger charge is -2.11. The number of benzene rings is 2. The minimum absolute atomic E-state index is 0.0298. The van der Waals surface area contributed by atoms with Crippen molar-refractivity contribution in [3.05, 3.63) is 63.6 Å². The van der Waals surface area contributed by atoms with Gasteiger partial charge in [-0.1, -0.05) is 44.2 Å². The first-order valence-corrected chi connectivity index (χ1v) is 10.7. The maximum absolute atomic E-state index is 11.9. The van der Waals surface area contributed by atoms with E-state index in [2.05, 4.69) is 66.3 Å². The summed E-state index contributed by atoms with van der Waals surface area (Å²) in [6.07, 6.45) is 0. The van der Waals surface area contributed by atoms with Gasteiger partial charge in [0.1, 0.15) is 5.75 Å². The van der Waals surface area contributed by atoms with Gasteiger partial charge in [-0.05, 0) is 57.6 Å². The molecule has 140 valence electrons. The predicted molar refractivity (Wildman–Crippen MR) is 114 cm³/mol. The summed E-state index contributed by atoms with van der Waals surface area (Å²) >= 11 is 5.33. The van der Waals surface area contributed by atoms with Crippen molar-refractivity contribution in [2.24, 2.45) is 0 Å². The zero-order valence-corrected chi connectivity index (χ0v) is 18.0. The van der Waals surface area contributed by atoms with Crippen molar-refractivity contribution in [1.82, 2.24) is 5.32 Å². The highest BCUT2D eigenvalue weighted by atomic mass is 79.9. The lowest BCUT2D eigenvalue weighted by molar-refractivity contribution is -0.122. The zero-order chi connectivity index (χ0) is 18.9. The van der Waals surface area contributed by atoms with Crippen molar-refractivity contribution in [3.63, 3.8) is 0 Å². The number of nitrogens with one attached hydrogen (secondary N) is 1. The van der Waals surface area contributed by atoms with Crippen molar-refractivity contribution in [2.75, 3.05) is 18.9 Å². The molecule has 0 saturated heterocycles. The van der Waals surface area contributed by atoms with Gasteiger partial charge in [-0.15, -0.1) is 0 Å². The minimum Gasteiger partial charge on any atom is -0.483 e. The van der Waals surface area contributed by atoms with Crippen LogP contribution in [0, 0.1) is 6.92 Å². The van der Waals surface area contributed by atoms with Crippen molar-refractivity contribution in [2.45, 2.75) is 32.4 Å². The molecule has 2 aromatic rings. The molecule has 0 radical (unpaired) electrons. The number of carbonyl (C=O) groups is 1. The standard InChI is InChI=1S/C21H26BrNO2S/c1-15(2)17-8-9-20(19(22)12-17)25-13-21(24)23-10-11-26-14-18-7-5-4-6-16(18)3/h4-9,12,15H,10-11,13-14H2,1-3H3,(H,23,24). The van der Waals surface area contributed by atoms with Crippen molar-refractivity contribution in [1.29, 1.82) is 0 Å². The van der Waals surface area contributed by atoms with Crippen LogP contribution in [0.25, 0.3) is 0 Å². The number of hydrogen-bond donors (Lipinski definition) is 1. The van der Waals surface area contributed by atoms with E-state index < -0.39 is 0 Å². The summed E-state index contributed by atoms with van der Waals surface area (Å²) in [5.41, 5.74) is 3.90. The second-order valence-corrected chi connectivity index (χ2v) is 8.42. The van der Waals surface area contributed by atoms with Crippen LogP contribution in [0.1, 0.15) is 36.5 Å². The molecule has 0 saturated carbocycles. The summed E-state index contributed by atoms with van der Waals surface area (Å²) in [5, 5.41) is 2.90. The van der Waals surface area contributed by atoms with Gasteiger partial charge in [0.15, 0.2) is 6.61 Å².